The van der Waals surface area contributed by atoms with E-state index < -0.39 is 0 Å². The number of pyridine rings is 1. The van der Waals surface area contributed by atoms with Crippen LogP contribution in [0.25, 0.3) is 0 Å². The van der Waals surface area contributed by atoms with Crippen molar-refractivity contribution in [2.24, 2.45) is 0 Å². The number of halogens is 1. The van der Waals surface area contributed by atoms with Crippen molar-refractivity contribution < 1.29 is 4.79 Å². The van der Waals surface area contributed by atoms with Gasteiger partial charge in [0.2, 0.25) is 0 Å². The van der Waals surface area contributed by atoms with E-state index in [-0.39, 0.29) is 5.91 Å². The molecule has 1 heterocycles. The van der Waals surface area contributed by atoms with Gasteiger partial charge >= 0.3 is 0 Å². The molecule has 0 saturated heterocycles. The number of aryl methyl sites for hydroxylation is 1. The molecule has 2 aromatic rings. The van der Waals surface area contributed by atoms with Crippen molar-refractivity contribution in [3.8, 4) is 0 Å². The highest BCUT2D eigenvalue weighted by Gasteiger charge is 2.13. The number of hydrogen-bond donors (Lipinski definition) is 2. The fourth-order valence-corrected chi connectivity index (χ4v) is 2.20. The summed E-state index contributed by atoms with van der Waals surface area (Å²) in [6.45, 7) is 4.76. The van der Waals surface area contributed by atoms with Crippen LogP contribution in [0, 0.1) is 6.92 Å². The first-order chi connectivity index (χ1) is 9.61. The smallest absolute Gasteiger partial charge is 0.258 e. The second kappa shape index (κ2) is 6.52. The molecule has 1 aromatic carbocycles. The van der Waals surface area contributed by atoms with Crippen LogP contribution in [0.5, 0.6) is 0 Å². The molecule has 104 valence electrons. The van der Waals surface area contributed by atoms with Crippen molar-refractivity contribution in [1.82, 2.24) is 4.98 Å². The van der Waals surface area contributed by atoms with Gasteiger partial charge in [-0.05, 0) is 59.6 Å². The summed E-state index contributed by atoms with van der Waals surface area (Å²) < 4.78 is 0.755. The quantitative estimate of drug-likeness (QED) is 0.893. The van der Waals surface area contributed by atoms with Gasteiger partial charge in [-0.25, -0.2) is 4.98 Å². The van der Waals surface area contributed by atoms with E-state index in [4.69, 9.17) is 0 Å². The molecule has 0 saturated carbocycles. The summed E-state index contributed by atoms with van der Waals surface area (Å²) in [6, 6.07) is 9.34. The third-order valence-electron chi connectivity index (χ3n) is 2.78. The summed E-state index contributed by atoms with van der Waals surface area (Å²) in [5, 5.41) is 6.01. The van der Waals surface area contributed by atoms with Crippen LogP contribution in [0.4, 0.5) is 11.5 Å². The zero-order valence-corrected chi connectivity index (χ0v) is 13.0. The largest absolute Gasteiger partial charge is 0.385 e. The first kappa shape index (κ1) is 14.5. The topological polar surface area (TPSA) is 54.0 Å². The molecule has 1 aromatic heterocycles. The lowest BCUT2D eigenvalue weighted by atomic mass is 10.1. The Balaban J connectivity index is 2.27. The van der Waals surface area contributed by atoms with Crippen LogP contribution in [-0.4, -0.2) is 17.4 Å². The molecule has 20 heavy (non-hydrogen) atoms. The van der Waals surface area contributed by atoms with E-state index in [2.05, 4.69) is 31.5 Å². The van der Waals surface area contributed by atoms with Crippen molar-refractivity contribution in [3.05, 3.63) is 52.1 Å². The highest BCUT2D eigenvalue weighted by atomic mass is 79.9. The van der Waals surface area contributed by atoms with E-state index in [9.17, 15) is 4.79 Å². The lowest BCUT2D eigenvalue weighted by molar-refractivity contribution is 0.102. The molecule has 0 aliphatic carbocycles. The Morgan fingerprint density at radius 3 is 2.85 bits per heavy atom. The molecule has 0 radical (unpaired) electrons. The van der Waals surface area contributed by atoms with Gasteiger partial charge in [0.05, 0.1) is 10.0 Å². The maximum Gasteiger partial charge on any atom is 0.258 e. The zero-order valence-electron chi connectivity index (χ0n) is 11.4. The van der Waals surface area contributed by atoms with E-state index in [0.29, 0.717) is 11.4 Å². The molecule has 0 spiro atoms. The first-order valence-corrected chi connectivity index (χ1v) is 7.17. The van der Waals surface area contributed by atoms with E-state index in [1.54, 1.807) is 12.3 Å². The molecular weight excluding hydrogens is 318 g/mol. The van der Waals surface area contributed by atoms with Gasteiger partial charge in [-0.1, -0.05) is 6.07 Å². The number of aromatic nitrogens is 1. The minimum absolute atomic E-state index is 0.180. The summed E-state index contributed by atoms with van der Waals surface area (Å²) in [6.07, 6.45) is 1.64. The van der Waals surface area contributed by atoms with Crippen LogP contribution in [0.1, 0.15) is 22.8 Å². The Kier molecular flexibility index (Phi) is 4.74. The molecule has 0 aliphatic heterocycles. The SMILES string of the molecule is CCNc1cc(C)ccc1C(=O)Nc1ncccc1Br. The lowest BCUT2D eigenvalue weighted by Gasteiger charge is -2.12. The first-order valence-electron chi connectivity index (χ1n) is 6.38. The van der Waals surface area contributed by atoms with Gasteiger partial charge < -0.3 is 10.6 Å². The predicted molar refractivity (Wildman–Crippen MR) is 85.2 cm³/mol. The minimum atomic E-state index is -0.180. The second-order valence-corrected chi connectivity index (χ2v) is 5.22. The van der Waals surface area contributed by atoms with E-state index >= 15 is 0 Å². The van der Waals surface area contributed by atoms with E-state index in [1.807, 2.05) is 38.1 Å². The number of hydrogen-bond acceptors (Lipinski definition) is 3. The average Bonchev–Trinajstić information content (AvgIpc) is 2.42. The van der Waals surface area contributed by atoms with Gasteiger partial charge in [-0.3, -0.25) is 4.79 Å². The average molecular weight is 334 g/mol. The predicted octanol–water partition coefficient (Wildman–Crippen LogP) is 3.84. The van der Waals surface area contributed by atoms with Crippen LogP contribution < -0.4 is 10.6 Å². The minimum Gasteiger partial charge on any atom is -0.385 e. The maximum atomic E-state index is 12.4. The van der Waals surface area contributed by atoms with Gasteiger partial charge in [0, 0.05) is 18.4 Å². The summed E-state index contributed by atoms with van der Waals surface area (Å²) in [5.41, 5.74) is 2.54. The summed E-state index contributed by atoms with van der Waals surface area (Å²) in [4.78, 5) is 16.5. The van der Waals surface area contributed by atoms with Crippen molar-refractivity contribution in [2.75, 3.05) is 17.2 Å². The highest BCUT2D eigenvalue weighted by Crippen LogP contribution is 2.22. The molecule has 1 amide bonds. The monoisotopic (exact) mass is 333 g/mol. The number of nitrogens with one attached hydrogen (secondary N) is 2. The van der Waals surface area contributed by atoms with Gasteiger partial charge in [0.25, 0.3) is 5.91 Å². The number of anilines is 2. The van der Waals surface area contributed by atoms with Crippen LogP contribution in [-0.2, 0) is 0 Å². The highest BCUT2D eigenvalue weighted by molar-refractivity contribution is 9.10. The number of amides is 1. The molecule has 0 aliphatic rings. The lowest BCUT2D eigenvalue weighted by Crippen LogP contribution is -2.16. The number of rotatable bonds is 4. The van der Waals surface area contributed by atoms with Crippen LogP contribution in [0.3, 0.4) is 0 Å². The molecule has 0 fully saturated rings. The van der Waals surface area contributed by atoms with Crippen molar-refractivity contribution in [2.45, 2.75) is 13.8 Å². The molecule has 4 nitrogen and oxygen atoms in total. The Morgan fingerprint density at radius 2 is 2.15 bits per heavy atom. The standard InChI is InChI=1S/C15H16BrN3O/c1-3-17-13-9-10(2)6-7-11(13)15(20)19-14-12(16)5-4-8-18-14/h4-9,17H,3H2,1-2H3,(H,18,19,20). The van der Waals surface area contributed by atoms with Crippen LogP contribution >= 0.6 is 15.9 Å². The van der Waals surface area contributed by atoms with Crippen LogP contribution in [0.15, 0.2) is 41.0 Å². The third-order valence-corrected chi connectivity index (χ3v) is 3.42. The number of carbonyl (C=O) groups is 1. The van der Waals surface area contributed by atoms with Gasteiger partial charge in [0.1, 0.15) is 5.82 Å². The Hall–Kier alpha value is -1.88. The molecule has 5 heteroatoms. The second-order valence-electron chi connectivity index (χ2n) is 4.37. The third kappa shape index (κ3) is 3.36. The molecule has 0 unspecified atom stereocenters. The molecule has 0 atom stereocenters. The van der Waals surface area contributed by atoms with Crippen molar-refractivity contribution in [3.63, 3.8) is 0 Å². The molecule has 2 N–H and O–H groups in total. The zero-order chi connectivity index (χ0) is 14.5. The van der Waals surface area contributed by atoms with Gasteiger partial charge in [0.15, 0.2) is 0 Å². The molecular formula is C15H16BrN3O. The Labute approximate surface area is 126 Å². The molecule has 0 bridgehead atoms. The van der Waals surface area contributed by atoms with E-state index in [0.717, 1.165) is 22.3 Å². The Morgan fingerprint density at radius 1 is 1.35 bits per heavy atom. The molecule has 2 rings (SSSR count). The number of carbonyl (C=O) groups excluding carboxylic acids is 1. The summed E-state index contributed by atoms with van der Waals surface area (Å²) >= 11 is 3.37. The van der Waals surface area contributed by atoms with Gasteiger partial charge in [-0.2, -0.15) is 0 Å². The van der Waals surface area contributed by atoms with Crippen LogP contribution in [0.2, 0.25) is 0 Å². The maximum absolute atomic E-state index is 12.4. The summed E-state index contributed by atoms with van der Waals surface area (Å²) in [7, 11) is 0. The fraction of sp³-hybridized carbons (Fsp3) is 0.200. The number of nitrogens with zero attached hydrogens (tertiary/aromatic N) is 1. The number of benzene rings is 1. The van der Waals surface area contributed by atoms with Crippen molar-refractivity contribution >= 4 is 33.3 Å². The van der Waals surface area contributed by atoms with E-state index in [1.165, 1.54) is 0 Å². The van der Waals surface area contributed by atoms with Gasteiger partial charge in [-0.15, -0.1) is 0 Å². The Bertz CT molecular complexity index is 628. The van der Waals surface area contributed by atoms with Crippen molar-refractivity contribution in [1.29, 1.82) is 0 Å². The summed E-state index contributed by atoms with van der Waals surface area (Å²) in [5.74, 6) is 0.334. The fourth-order valence-electron chi connectivity index (χ4n) is 1.85. The normalized spacial score (nSPS) is 10.2.